The molecule has 5 aromatic carbocycles. The van der Waals surface area contributed by atoms with E-state index in [1.807, 2.05) is 42.5 Å². The lowest BCUT2D eigenvalue weighted by molar-refractivity contribution is -0.384. The number of furan rings is 1. The maximum absolute atomic E-state index is 14.1. The molecule has 2 aromatic heterocycles. The second-order valence-corrected chi connectivity index (χ2v) is 10.8. The number of benzene rings is 5. The van der Waals surface area contributed by atoms with Crippen molar-refractivity contribution >= 4 is 59.5 Å². The Bertz CT molecular complexity index is 2160. The van der Waals surface area contributed by atoms with Crippen LogP contribution in [0.15, 0.2) is 119 Å². The molecule has 7 aromatic rings. The molecule has 0 aliphatic heterocycles. The SMILES string of the molecule is O=[N+]([O-])c1ccc(-c2c3c(cc4c2c2ccccc2n4S(=O)(=O)c2ccccc2)oc2ccccc23)cc1. The average molecular weight is 519 g/mol. The predicted molar refractivity (Wildman–Crippen MR) is 148 cm³/mol. The minimum absolute atomic E-state index is 0.0247. The molecule has 0 spiro atoms. The molecule has 2 heterocycles. The van der Waals surface area contributed by atoms with Crippen LogP contribution in [0.25, 0.3) is 54.9 Å². The van der Waals surface area contributed by atoms with Crippen molar-refractivity contribution in [2.75, 3.05) is 0 Å². The van der Waals surface area contributed by atoms with Crippen LogP contribution in [-0.4, -0.2) is 17.3 Å². The molecule has 184 valence electrons. The summed E-state index contributed by atoms with van der Waals surface area (Å²) in [7, 11) is -3.98. The van der Waals surface area contributed by atoms with Crippen LogP contribution in [0.3, 0.4) is 0 Å². The summed E-state index contributed by atoms with van der Waals surface area (Å²) in [6.07, 6.45) is 0. The summed E-state index contributed by atoms with van der Waals surface area (Å²) < 4.78 is 35.7. The van der Waals surface area contributed by atoms with Crippen molar-refractivity contribution in [2.24, 2.45) is 0 Å². The topological polar surface area (TPSA) is 95.4 Å². The molecule has 0 aliphatic carbocycles. The highest BCUT2D eigenvalue weighted by Crippen LogP contribution is 2.46. The molecule has 0 saturated carbocycles. The molecule has 0 saturated heterocycles. The van der Waals surface area contributed by atoms with Gasteiger partial charge in [-0.05, 0) is 42.0 Å². The summed E-state index contributed by atoms with van der Waals surface area (Å²) in [6, 6.07) is 31.4. The molecular weight excluding hydrogens is 500 g/mol. The standard InChI is InChI=1S/C30H18N2O5S/c33-32(34)20-16-14-19(15-17-20)28-29-22-10-4-6-12-24(22)31(38(35,36)21-8-2-1-3-9-21)25(29)18-27-30(28)23-11-5-7-13-26(23)37-27/h1-18H. The van der Waals surface area contributed by atoms with E-state index in [1.165, 1.54) is 16.1 Å². The lowest BCUT2D eigenvalue weighted by atomic mass is 9.94. The lowest BCUT2D eigenvalue weighted by Crippen LogP contribution is -2.12. The van der Waals surface area contributed by atoms with Gasteiger partial charge < -0.3 is 4.42 Å². The smallest absolute Gasteiger partial charge is 0.269 e. The predicted octanol–water partition coefficient (Wildman–Crippen LogP) is 7.51. The molecule has 0 radical (unpaired) electrons. The number of fused-ring (bicyclic) bond motifs is 6. The van der Waals surface area contributed by atoms with Crippen LogP contribution in [0, 0.1) is 10.1 Å². The fourth-order valence-corrected chi connectivity index (χ4v) is 6.83. The first-order valence-electron chi connectivity index (χ1n) is 11.9. The van der Waals surface area contributed by atoms with Gasteiger partial charge in [-0.25, -0.2) is 12.4 Å². The summed E-state index contributed by atoms with van der Waals surface area (Å²) in [5, 5.41) is 14.5. The molecule has 8 heteroatoms. The van der Waals surface area contributed by atoms with Crippen molar-refractivity contribution < 1.29 is 17.8 Å². The van der Waals surface area contributed by atoms with Gasteiger partial charge in [0.2, 0.25) is 0 Å². The van der Waals surface area contributed by atoms with Crippen molar-refractivity contribution in [3.63, 3.8) is 0 Å². The quantitative estimate of drug-likeness (QED) is 0.177. The normalized spacial score (nSPS) is 12.1. The summed E-state index contributed by atoms with van der Waals surface area (Å²) in [4.78, 5) is 11.1. The number of nitrogens with zero attached hydrogens (tertiary/aromatic N) is 2. The summed E-state index contributed by atoms with van der Waals surface area (Å²) in [6.45, 7) is 0. The summed E-state index contributed by atoms with van der Waals surface area (Å²) in [5.74, 6) is 0. The van der Waals surface area contributed by atoms with E-state index in [0.717, 1.165) is 32.7 Å². The highest BCUT2D eigenvalue weighted by Gasteiger charge is 2.27. The van der Waals surface area contributed by atoms with E-state index in [2.05, 4.69) is 0 Å². The van der Waals surface area contributed by atoms with Crippen LogP contribution in [0.2, 0.25) is 0 Å². The van der Waals surface area contributed by atoms with Gasteiger partial charge in [0.15, 0.2) is 0 Å². The first-order chi connectivity index (χ1) is 18.4. The van der Waals surface area contributed by atoms with E-state index in [9.17, 15) is 18.5 Å². The van der Waals surface area contributed by atoms with Gasteiger partial charge in [0.25, 0.3) is 15.7 Å². The van der Waals surface area contributed by atoms with Crippen LogP contribution < -0.4 is 0 Å². The first kappa shape index (κ1) is 22.3. The van der Waals surface area contributed by atoms with Gasteiger partial charge in [-0.15, -0.1) is 0 Å². The monoisotopic (exact) mass is 518 g/mol. The number of para-hydroxylation sites is 2. The van der Waals surface area contributed by atoms with Crippen LogP contribution >= 0.6 is 0 Å². The van der Waals surface area contributed by atoms with E-state index in [0.29, 0.717) is 22.2 Å². The number of hydrogen-bond acceptors (Lipinski definition) is 5. The molecule has 0 bridgehead atoms. The molecule has 0 aliphatic rings. The number of non-ortho nitro benzene ring substituents is 1. The fraction of sp³-hybridized carbons (Fsp3) is 0. The highest BCUT2D eigenvalue weighted by molar-refractivity contribution is 7.90. The Hall–Kier alpha value is -4.95. The summed E-state index contributed by atoms with van der Waals surface area (Å²) in [5.41, 5.74) is 3.65. The third-order valence-electron chi connectivity index (χ3n) is 6.91. The minimum Gasteiger partial charge on any atom is -0.456 e. The number of hydrogen-bond donors (Lipinski definition) is 0. The van der Waals surface area contributed by atoms with Gasteiger partial charge in [0.05, 0.1) is 20.9 Å². The Morgan fingerprint density at radius 3 is 2.08 bits per heavy atom. The van der Waals surface area contributed by atoms with Crippen LogP contribution in [-0.2, 0) is 10.0 Å². The molecule has 7 rings (SSSR count). The Labute approximate surface area is 216 Å². The third kappa shape index (κ3) is 3.10. The number of aromatic nitrogens is 1. The second-order valence-electron chi connectivity index (χ2n) is 9.02. The third-order valence-corrected chi connectivity index (χ3v) is 8.65. The molecular formula is C30H18N2O5S. The summed E-state index contributed by atoms with van der Waals surface area (Å²) >= 11 is 0. The van der Waals surface area contributed by atoms with E-state index in [4.69, 9.17) is 4.42 Å². The molecule has 7 nitrogen and oxygen atoms in total. The van der Waals surface area contributed by atoms with E-state index in [1.54, 1.807) is 54.6 Å². The number of rotatable bonds is 4. The number of nitro groups is 1. The molecule has 0 amide bonds. The maximum atomic E-state index is 14.1. The van der Waals surface area contributed by atoms with Crippen LogP contribution in [0.5, 0.6) is 0 Å². The Morgan fingerprint density at radius 1 is 0.684 bits per heavy atom. The van der Waals surface area contributed by atoms with Crippen LogP contribution in [0.1, 0.15) is 0 Å². The Kier molecular flexibility index (Phi) is 4.70. The molecule has 0 N–H and O–H groups in total. The second kappa shape index (κ2) is 8.03. The van der Waals surface area contributed by atoms with Gasteiger partial charge >= 0.3 is 0 Å². The van der Waals surface area contributed by atoms with E-state index < -0.39 is 14.9 Å². The molecule has 0 unspecified atom stereocenters. The van der Waals surface area contributed by atoms with Crippen molar-refractivity contribution in [3.8, 4) is 11.1 Å². The zero-order chi connectivity index (χ0) is 26.0. The zero-order valence-corrected chi connectivity index (χ0v) is 20.6. The van der Waals surface area contributed by atoms with Gasteiger partial charge in [0, 0.05) is 45.3 Å². The molecule has 0 fully saturated rings. The lowest BCUT2D eigenvalue weighted by Gasteiger charge is -2.11. The minimum atomic E-state index is -3.98. The van der Waals surface area contributed by atoms with Crippen LogP contribution in [0.4, 0.5) is 5.69 Å². The zero-order valence-electron chi connectivity index (χ0n) is 19.7. The van der Waals surface area contributed by atoms with E-state index in [-0.39, 0.29) is 10.6 Å². The van der Waals surface area contributed by atoms with Crippen molar-refractivity contribution in [2.45, 2.75) is 4.90 Å². The molecule has 38 heavy (non-hydrogen) atoms. The fourth-order valence-electron chi connectivity index (χ4n) is 5.29. The number of nitro benzene ring substituents is 1. The van der Waals surface area contributed by atoms with Crippen molar-refractivity contribution in [1.29, 1.82) is 0 Å². The van der Waals surface area contributed by atoms with Gasteiger partial charge in [-0.2, -0.15) is 0 Å². The molecule has 0 atom stereocenters. The first-order valence-corrected chi connectivity index (χ1v) is 13.3. The Balaban J connectivity index is 1.71. The largest absolute Gasteiger partial charge is 0.456 e. The average Bonchev–Trinajstić information content (AvgIpc) is 3.48. The van der Waals surface area contributed by atoms with Gasteiger partial charge in [-0.1, -0.05) is 54.6 Å². The van der Waals surface area contributed by atoms with Gasteiger partial charge in [-0.3, -0.25) is 10.1 Å². The maximum Gasteiger partial charge on any atom is 0.269 e. The van der Waals surface area contributed by atoms with Crippen molar-refractivity contribution in [1.82, 2.24) is 3.97 Å². The van der Waals surface area contributed by atoms with Crippen molar-refractivity contribution in [3.05, 3.63) is 119 Å². The Morgan fingerprint density at radius 2 is 1.34 bits per heavy atom. The van der Waals surface area contributed by atoms with E-state index >= 15 is 0 Å². The highest BCUT2D eigenvalue weighted by atomic mass is 32.2. The van der Waals surface area contributed by atoms with Gasteiger partial charge in [0.1, 0.15) is 11.2 Å².